The lowest BCUT2D eigenvalue weighted by Gasteiger charge is -2.36. The number of carbonyl (C=O) groups is 1. The van der Waals surface area contributed by atoms with E-state index in [0.717, 1.165) is 19.0 Å². The summed E-state index contributed by atoms with van der Waals surface area (Å²) >= 11 is 0. The first-order valence-electron chi connectivity index (χ1n) is 7.07. The zero-order valence-corrected chi connectivity index (χ0v) is 10.5. The molecule has 2 N–H and O–H groups in total. The Labute approximate surface area is 103 Å². The number of piperidine rings is 1. The summed E-state index contributed by atoms with van der Waals surface area (Å²) in [6, 6.07) is 1.20. The van der Waals surface area contributed by atoms with Gasteiger partial charge in [0, 0.05) is 31.6 Å². The summed E-state index contributed by atoms with van der Waals surface area (Å²) in [6.07, 6.45) is 5.71. The van der Waals surface area contributed by atoms with Crippen LogP contribution < -0.4 is 10.6 Å². The second kappa shape index (κ2) is 4.94. The number of nitrogens with one attached hydrogen (secondary N) is 2. The third-order valence-electron chi connectivity index (χ3n) is 4.36. The van der Waals surface area contributed by atoms with E-state index in [0.29, 0.717) is 18.5 Å². The second-order valence-electron chi connectivity index (χ2n) is 5.76. The van der Waals surface area contributed by atoms with Crippen molar-refractivity contribution in [2.45, 2.75) is 44.2 Å². The number of hydrogen-bond acceptors (Lipinski definition) is 3. The third-order valence-corrected chi connectivity index (χ3v) is 4.36. The molecule has 2 saturated heterocycles. The highest BCUT2D eigenvalue weighted by molar-refractivity contribution is 5.76. The van der Waals surface area contributed by atoms with Gasteiger partial charge in [0.25, 0.3) is 0 Å². The van der Waals surface area contributed by atoms with E-state index in [9.17, 15) is 4.79 Å². The van der Waals surface area contributed by atoms with E-state index in [2.05, 4.69) is 15.5 Å². The average molecular weight is 237 g/mol. The van der Waals surface area contributed by atoms with Crippen LogP contribution in [0, 0.1) is 5.92 Å². The monoisotopic (exact) mass is 237 g/mol. The summed E-state index contributed by atoms with van der Waals surface area (Å²) in [7, 11) is 0. The standard InChI is InChI=1S/C13H23N3O/c17-13(15-11-3-4-11)5-7-16-6-1-2-10-8-14-9-12(10)16/h10-12,14H,1-9H2,(H,15,17). The van der Waals surface area contributed by atoms with Crippen LogP contribution >= 0.6 is 0 Å². The highest BCUT2D eigenvalue weighted by Gasteiger charge is 2.34. The predicted molar refractivity (Wildman–Crippen MR) is 66.7 cm³/mol. The van der Waals surface area contributed by atoms with Gasteiger partial charge in [-0.15, -0.1) is 0 Å². The largest absolute Gasteiger partial charge is 0.353 e. The van der Waals surface area contributed by atoms with Crippen LogP contribution in [0.1, 0.15) is 32.1 Å². The number of nitrogens with zero attached hydrogens (tertiary/aromatic N) is 1. The van der Waals surface area contributed by atoms with Crippen molar-refractivity contribution in [3.63, 3.8) is 0 Å². The van der Waals surface area contributed by atoms with Crippen LogP contribution in [-0.4, -0.2) is 49.1 Å². The molecular weight excluding hydrogens is 214 g/mol. The maximum Gasteiger partial charge on any atom is 0.221 e. The van der Waals surface area contributed by atoms with E-state index in [4.69, 9.17) is 0 Å². The van der Waals surface area contributed by atoms with Crippen LogP contribution in [0.5, 0.6) is 0 Å². The van der Waals surface area contributed by atoms with Gasteiger partial charge in [0.15, 0.2) is 0 Å². The van der Waals surface area contributed by atoms with E-state index in [1.165, 1.54) is 38.8 Å². The van der Waals surface area contributed by atoms with Crippen LogP contribution in [-0.2, 0) is 4.79 Å². The van der Waals surface area contributed by atoms with Gasteiger partial charge in [-0.1, -0.05) is 0 Å². The lowest BCUT2D eigenvalue weighted by Crippen LogP contribution is -2.46. The average Bonchev–Trinajstić information content (AvgIpc) is 3.00. The van der Waals surface area contributed by atoms with Gasteiger partial charge in [-0.3, -0.25) is 9.69 Å². The van der Waals surface area contributed by atoms with Crippen molar-refractivity contribution in [2.75, 3.05) is 26.2 Å². The van der Waals surface area contributed by atoms with Crippen molar-refractivity contribution >= 4 is 5.91 Å². The lowest BCUT2D eigenvalue weighted by molar-refractivity contribution is -0.121. The number of likely N-dealkylation sites (tertiary alicyclic amines) is 1. The van der Waals surface area contributed by atoms with Crippen LogP contribution in [0.2, 0.25) is 0 Å². The summed E-state index contributed by atoms with van der Waals surface area (Å²) in [5.41, 5.74) is 0. The van der Waals surface area contributed by atoms with E-state index in [-0.39, 0.29) is 5.91 Å². The van der Waals surface area contributed by atoms with Crippen molar-refractivity contribution in [1.29, 1.82) is 0 Å². The molecule has 2 aliphatic heterocycles. The molecule has 0 spiro atoms. The second-order valence-corrected chi connectivity index (χ2v) is 5.76. The molecular formula is C13H23N3O. The molecule has 3 rings (SSSR count). The molecule has 4 nitrogen and oxygen atoms in total. The minimum atomic E-state index is 0.251. The van der Waals surface area contributed by atoms with Gasteiger partial charge in [0.1, 0.15) is 0 Å². The maximum atomic E-state index is 11.7. The van der Waals surface area contributed by atoms with Crippen molar-refractivity contribution in [3.8, 4) is 0 Å². The van der Waals surface area contributed by atoms with Crippen LogP contribution in [0.25, 0.3) is 0 Å². The molecule has 3 fully saturated rings. The number of hydrogen-bond donors (Lipinski definition) is 2. The molecule has 2 atom stereocenters. The molecule has 0 aromatic rings. The smallest absolute Gasteiger partial charge is 0.221 e. The topological polar surface area (TPSA) is 44.4 Å². The normalized spacial score (nSPS) is 33.4. The van der Waals surface area contributed by atoms with Crippen LogP contribution in [0.3, 0.4) is 0 Å². The minimum absolute atomic E-state index is 0.251. The highest BCUT2D eigenvalue weighted by atomic mass is 16.1. The summed E-state index contributed by atoms with van der Waals surface area (Å²) in [4.78, 5) is 14.2. The first-order valence-corrected chi connectivity index (χ1v) is 7.07. The summed E-state index contributed by atoms with van der Waals surface area (Å²) in [5, 5.41) is 6.55. The van der Waals surface area contributed by atoms with Crippen LogP contribution in [0.15, 0.2) is 0 Å². The van der Waals surface area contributed by atoms with Crippen molar-refractivity contribution in [3.05, 3.63) is 0 Å². The number of rotatable bonds is 4. The van der Waals surface area contributed by atoms with Gasteiger partial charge in [-0.25, -0.2) is 0 Å². The predicted octanol–water partition coefficient (Wildman–Crippen LogP) is 0.339. The van der Waals surface area contributed by atoms with Crippen molar-refractivity contribution in [2.24, 2.45) is 5.92 Å². The molecule has 1 amide bonds. The molecule has 2 unspecified atom stereocenters. The lowest BCUT2D eigenvalue weighted by atomic mass is 9.92. The molecule has 0 radical (unpaired) electrons. The molecule has 2 heterocycles. The number of amides is 1. The summed E-state index contributed by atoms with van der Waals surface area (Å²) < 4.78 is 0. The first-order chi connectivity index (χ1) is 8.33. The summed E-state index contributed by atoms with van der Waals surface area (Å²) in [5.74, 6) is 1.08. The molecule has 3 aliphatic rings. The van der Waals surface area contributed by atoms with Gasteiger partial charge < -0.3 is 10.6 Å². The molecule has 1 aliphatic carbocycles. The third kappa shape index (κ3) is 2.80. The Balaban J connectivity index is 1.45. The zero-order chi connectivity index (χ0) is 11.7. The Morgan fingerprint density at radius 1 is 1.29 bits per heavy atom. The number of fused-ring (bicyclic) bond motifs is 1. The molecule has 0 aromatic carbocycles. The van der Waals surface area contributed by atoms with E-state index >= 15 is 0 Å². The van der Waals surface area contributed by atoms with Gasteiger partial charge in [-0.05, 0) is 44.7 Å². The Hall–Kier alpha value is -0.610. The maximum absolute atomic E-state index is 11.7. The highest BCUT2D eigenvalue weighted by Crippen LogP contribution is 2.26. The Morgan fingerprint density at radius 3 is 3.00 bits per heavy atom. The van der Waals surface area contributed by atoms with Gasteiger partial charge >= 0.3 is 0 Å². The Kier molecular flexibility index (Phi) is 3.34. The summed E-state index contributed by atoms with van der Waals surface area (Å²) in [6.45, 7) is 4.42. The fourth-order valence-electron chi connectivity index (χ4n) is 3.21. The van der Waals surface area contributed by atoms with E-state index < -0.39 is 0 Å². The molecule has 1 saturated carbocycles. The van der Waals surface area contributed by atoms with E-state index in [1.807, 2.05) is 0 Å². The molecule has 4 heteroatoms. The fraction of sp³-hybridized carbons (Fsp3) is 0.923. The Bertz CT molecular complexity index is 290. The fourth-order valence-corrected chi connectivity index (χ4v) is 3.21. The van der Waals surface area contributed by atoms with Gasteiger partial charge in [0.2, 0.25) is 5.91 Å². The van der Waals surface area contributed by atoms with E-state index in [1.54, 1.807) is 0 Å². The number of carbonyl (C=O) groups excluding carboxylic acids is 1. The first kappa shape index (κ1) is 11.5. The van der Waals surface area contributed by atoms with Crippen molar-refractivity contribution < 1.29 is 4.79 Å². The molecule has 17 heavy (non-hydrogen) atoms. The minimum Gasteiger partial charge on any atom is -0.353 e. The molecule has 0 bridgehead atoms. The van der Waals surface area contributed by atoms with Gasteiger partial charge in [-0.2, -0.15) is 0 Å². The van der Waals surface area contributed by atoms with Crippen LogP contribution in [0.4, 0.5) is 0 Å². The van der Waals surface area contributed by atoms with Gasteiger partial charge in [0.05, 0.1) is 0 Å². The molecule has 96 valence electrons. The zero-order valence-electron chi connectivity index (χ0n) is 10.5. The SMILES string of the molecule is O=C(CCN1CCCC2CNCC21)NC1CC1. The Morgan fingerprint density at radius 2 is 2.18 bits per heavy atom. The molecule has 0 aromatic heterocycles. The quantitative estimate of drug-likeness (QED) is 0.741. The van der Waals surface area contributed by atoms with Crippen molar-refractivity contribution in [1.82, 2.24) is 15.5 Å².